The number of carbonyl (C=O) groups is 1. The highest BCUT2D eigenvalue weighted by molar-refractivity contribution is 7.99. The van der Waals surface area contributed by atoms with Crippen molar-refractivity contribution in [3.63, 3.8) is 0 Å². The van der Waals surface area contributed by atoms with Crippen molar-refractivity contribution >= 4 is 23.5 Å². The molecule has 1 fully saturated rings. The summed E-state index contributed by atoms with van der Waals surface area (Å²) in [5, 5.41) is 15.3. The predicted octanol–water partition coefficient (Wildman–Crippen LogP) is 2.33. The topological polar surface area (TPSA) is 87.7 Å². The first-order chi connectivity index (χ1) is 9.60. The Kier molecular flexibility index (Phi) is 7.19. The first kappa shape index (κ1) is 17.1. The molecule has 1 rings (SSSR count). The molecule has 1 heterocycles. The van der Waals surface area contributed by atoms with Gasteiger partial charge in [0.2, 0.25) is 5.91 Å². The number of nitrogens with one attached hydrogen (secondary N) is 1. The third kappa shape index (κ3) is 4.04. The van der Waals surface area contributed by atoms with E-state index >= 15 is 0 Å². The smallest absolute Gasteiger partial charge is 0.234 e. The molecule has 0 aromatic rings. The first-order valence-electron chi connectivity index (χ1n) is 7.47. The van der Waals surface area contributed by atoms with Crippen LogP contribution < -0.4 is 11.1 Å². The van der Waals surface area contributed by atoms with Crippen LogP contribution in [0.15, 0.2) is 5.16 Å². The fourth-order valence-corrected chi connectivity index (χ4v) is 3.92. The van der Waals surface area contributed by atoms with Gasteiger partial charge in [-0.15, -0.1) is 0 Å². The average Bonchev–Trinajstić information content (AvgIpc) is 2.47. The lowest BCUT2D eigenvalue weighted by molar-refractivity contribution is -0.129. The Balaban J connectivity index is 2.86. The van der Waals surface area contributed by atoms with E-state index in [2.05, 4.69) is 10.5 Å². The lowest BCUT2D eigenvalue weighted by Crippen LogP contribution is -2.53. The van der Waals surface area contributed by atoms with Crippen LogP contribution in [0.5, 0.6) is 0 Å². The quantitative estimate of drug-likeness (QED) is 0.291. The summed E-state index contributed by atoms with van der Waals surface area (Å²) in [5.41, 5.74) is 5.00. The molecule has 0 radical (unpaired) electrons. The van der Waals surface area contributed by atoms with Crippen molar-refractivity contribution in [3.05, 3.63) is 0 Å². The third-order valence-corrected chi connectivity index (χ3v) is 5.10. The Labute approximate surface area is 125 Å². The van der Waals surface area contributed by atoms with E-state index in [0.717, 1.165) is 31.4 Å². The number of hydrogen-bond donors (Lipinski definition) is 3. The molecule has 0 aromatic carbocycles. The molecule has 1 saturated heterocycles. The van der Waals surface area contributed by atoms with E-state index in [0.29, 0.717) is 12.8 Å². The van der Waals surface area contributed by atoms with Gasteiger partial charge in [0, 0.05) is 11.8 Å². The number of nitrogens with zero attached hydrogens (tertiary/aromatic N) is 1. The molecule has 0 spiro atoms. The van der Waals surface area contributed by atoms with Crippen molar-refractivity contribution in [1.29, 1.82) is 0 Å². The molecule has 4 N–H and O–H groups in total. The lowest BCUT2D eigenvalue weighted by atomic mass is 9.77. The summed E-state index contributed by atoms with van der Waals surface area (Å²) >= 11 is 1.87. The van der Waals surface area contributed by atoms with Crippen LogP contribution in [0.2, 0.25) is 0 Å². The molecule has 0 aliphatic carbocycles. The van der Waals surface area contributed by atoms with E-state index in [1.165, 1.54) is 5.75 Å². The molecule has 1 aliphatic rings. The maximum Gasteiger partial charge on any atom is 0.234 e. The van der Waals surface area contributed by atoms with Crippen molar-refractivity contribution in [3.8, 4) is 0 Å². The predicted molar refractivity (Wildman–Crippen MR) is 84.1 cm³/mol. The maximum absolute atomic E-state index is 12.7. The van der Waals surface area contributed by atoms with Gasteiger partial charge >= 0.3 is 0 Å². The first-order valence-corrected chi connectivity index (χ1v) is 8.62. The molecule has 116 valence electrons. The molecule has 1 aliphatic heterocycles. The van der Waals surface area contributed by atoms with Crippen molar-refractivity contribution in [1.82, 2.24) is 5.32 Å². The minimum Gasteiger partial charge on any atom is -0.409 e. The zero-order chi connectivity index (χ0) is 15.0. The van der Waals surface area contributed by atoms with E-state index in [1.807, 2.05) is 25.6 Å². The van der Waals surface area contributed by atoms with Gasteiger partial charge in [0.1, 0.15) is 5.41 Å². The molecular weight excluding hydrogens is 274 g/mol. The number of nitrogens with two attached hydrogens (primary N) is 1. The molecular formula is C14H27N3O2S. The number of hydrogen-bond acceptors (Lipinski definition) is 4. The van der Waals surface area contributed by atoms with E-state index in [-0.39, 0.29) is 17.8 Å². The molecule has 1 unspecified atom stereocenters. The van der Waals surface area contributed by atoms with Crippen molar-refractivity contribution in [2.75, 3.05) is 11.5 Å². The normalized spacial score (nSPS) is 20.7. The van der Waals surface area contributed by atoms with Crippen LogP contribution in [0.25, 0.3) is 0 Å². The molecule has 1 amide bonds. The fraction of sp³-hybridized carbons (Fsp3) is 0.857. The third-order valence-electron chi connectivity index (χ3n) is 3.88. The van der Waals surface area contributed by atoms with Crippen LogP contribution in [0.1, 0.15) is 52.4 Å². The van der Waals surface area contributed by atoms with Crippen LogP contribution >= 0.6 is 11.8 Å². The monoisotopic (exact) mass is 301 g/mol. The van der Waals surface area contributed by atoms with Gasteiger partial charge in [-0.2, -0.15) is 11.8 Å². The summed E-state index contributed by atoms with van der Waals surface area (Å²) < 4.78 is 0. The van der Waals surface area contributed by atoms with E-state index in [1.54, 1.807) is 0 Å². The van der Waals surface area contributed by atoms with Gasteiger partial charge in [-0.3, -0.25) is 4.79 Å². The molecule has 5 nitrogen and oxygen atoms in total. The Morgan fingerprint density at radius 2 is 2.10 bits per heavy atom. The van der Waals surface area contributed by atoms with Crippen LogP contribution in [0.4, 0.5) is 0 Å². The molecule has 6 heteroatoms. The average molecular weight is 301 g/mol. The Bertz CT molecular complexity index is 335. The summed E-state index contributed by atoms with van der Waals surface area (Å²) in [6, 6.07) is 0.209. The second-order valence-electron chi connectivity index (χ2n) is 5.45. The van der Waals surface area contributed by atoms with Gasteiger partial charge in [-0.05, 0) is 31.4 Å². The number of amidine groups is 1. The van der Waals surface area contributed by atoms with Gasteiger partial charge in [0.05, 0.1) is 0 Å². The zero-order valence-electron chi connectivity index (χ0n) is 12.5. The summed E-state index contributed by atoms with van der Waals surface area (Å²) in [6.45, 7) is 4.03. The van der Waals surface area contributed by atoms with Gasteiger partial charge < -0.3 is 16.3 Å². The SMILES string of the molecule is CCCC(CCC)(C(=O)NC1CCCSC1)C(N)=NO. The van der Waals surface area contributed by atoms with Crippen LogP contribution in [0.3, 0.4) is 0 Å². The van der Waals surface area contributed by atoms with Crippen LogP contribution in [-0.4, -0.2) is 34.5 Å². The number of oxime groups is 1. The van der Waals surface area contributed by atoms with Crippen LogP contribution in [-0.2, 0) is 4.79 Å². The van der Waals surface area contributed by atoms with Gasteiger partial charge in [-0.1, -0.05) is 31.8 Å². The highest BCUT2D eigenvalue weighted by Gasteiger charge is 2.42. The number of carbonyl (C=O) groups excluding carboxylic acids is 1. The summed E-state index contributed by atoms with van der Waals surface area (Å²) in [4.78, 5) is 12.7. The highest BCUT2D eigenvalue weighted by Crippen LogP contribution is 2.31. The zero-order valence-corrected chi connectivity index (χ0v) is 13.3. The fourth-order valence-electron chi connectivity index (χ4n) is 2.85. The van der Waals surface area contributed by atoms with E-state index in [4.69, 9.17) is 10.9 Å². The summed E-state index contributed by atoms with van der Waals surface area (Å²) in [7, 11) is 0. The van der Waals surface area contributed by atoms with Crippen molar-refractivity contribution in [2.45, 2.75) is 58.4 Å². The Morgan fingerprint density at radius 1 is 1.45 bits per heavy atom. The van der Waals surface area contributed by atoms with E-state index < -0.39 is 5.41 Å². The molecule has 0 aromatic heterocycles. The van der Waals surface area contributed by atoms with Gasteiger partial charge in [0.25, 0.3) is 0 Å². The molecule has 0 bridgehead atoms. The largest absolute Gasteiger partial charge is 0.409 e. The lowest BCUT2D eigenvalue weighted by Gasteiger charge is -2.33. The van der Waals surface area contributed by atoms with Gasteiger partial charge in [0.15, 0.2) is 5.84 Å². The Morgan fingerprint density at radius 3 is 2.55 bits per heavy atom. The molecule has 0 saturated carbocycles. The second-order valence-corrected chi connectivity index (χ2v) is 6.60. The number of rotatable bonds is 7. The van der Waals surface area contributed by atoms with Crippen molar-refractivity contribution in [2.24, 2.45) is 16.3 Å². The van der Waals surface area contributed by atoms with E-state index in [9.17, 15) is 4.79 Å². The summed E-state index contributed by atoms with van der Waals surface area (Å²) in [5.74, 6) is 2.09. The number of thioether (sulfide) groups is 1. The molecule has 1 atom stereocenters. The van der Waals surface area contributed by atoms with Gasteiger partial charge in [-0.25, -0.2) is 0 Å². The highest BCUT2D eigenvalue weighted by atomic mass is 32.2. The minimum atomic E-state index is -0.861. The second kappa shape index (κ2) is 8.39. The van der Waals surface area contributed by atoms with Crippen LogP contribution in [0, 0.1) is 5.41 Å². The standard InChI is InChI=1S/C14H27N3O2S/c1-3-7-14(8-4-2,12(15)17-19)13(18)16-11-6-5-9-20-10-11/h11,19H,3-10H2,1-2H3,(H2,15,17)(H,16,18). The van der Waals surface area contributed by atoms with Crippen molar-refractivity contribution < 1.29 is 10.0 Å². The summed E-state index contributed by atoms with van der Waals surface area (Å²) in [6.07, 6.45) is 5.02. The maximum atomic E-state index is 12.7. The molecule has 20 heavy (non-hydrogen) atoms. The number of amides is 1. The Hall–Kier alpha value is -0.910. The minimum absolute atomic E-state index is 0.0437.